The van der Waals surface area contributed by atoms with Gasteiger partial charge in [-0.1, -0.05) is 85.2 Å². The van der Waals surface area contributed by atoms with Crippen LogP contribution in [0.4, 0.5) is 0 Å². The van der Waals surface area contributed by atoms with E-state index in [9.17, 15) is 19.2 Å². The Morgan fingerprint density at radius 3 is 2.31 bits per heavy atom. The van der Waals surface area contributed by atoms with Crippen LogP contribution in [0, 0.1) is 23.7 Å². The van der Waals surface area contributed by atoms with Gasteiger partial charge in [-0.3, -0.25) is 24.1 Å². The summed E-state index contributed by atoms with van der Waals surface area (Å²) in [4.78, 5) is 62.2. The van der Waals surface area contributed by atoms with E-state index in [1.54, 1.807) is 24.3 Å². The second-order valence-corrected chi connectivity index (χ2v) is 15.8. The Morgan fingerprint density at radius 1 is 1.02 bits per heavy atom. The van der Waals surface area contributed by atoms with Gasteiger partial charge in [0.25, 0.3) is 5.91 Å². The highest BCUT2D eigenvalue weighted by molar-refractivity contribution is 7.09. The Kier molecular flexibility index (Phi) is 15.9. The molecular formula is C39H60N4O5S. The summed E-state index contributed by atoms with van der Waals surface area (Å²) in [7, 11) is 3.79. The van der Waals surface area contributed by atoms with Gasteiger partial charge in [-0.2, -0.15) is 0 Å². The smallest absolute Gasteiger partial charge is 0.306 e. The van der Waals surface area contributed by atoms with E-state index in [4.69, 9.17) is 9.72 Å². The fourth-order valence-corrected chi connectivity index (χ4v) is 7.71. The molecule has 9 nitrogen and oxygen atoms in total. The summed E-state index contributed by atoms with van der Waals surface area (Å²) >= 11 is 1.29. The standard InChI is InChI=1S/C39H60N4O5S/c1-10-36(45)48-35(38-41-31(24-49-38)37(46)40-29(20-25(2)3)21-28-16-12-11-13-17-28)23-33(27(6)7)43(9)39(47)30(26(4)5)22-34(44)32-18-14-15-19-42(32)8/h11-13,16-17,24-27,29-30,32-33,35H,10,14-15,18-23H2,1-9H3,(H,40,46)/t29-,30+,32-,33-,35-/m1/s1. The van der Waals surface area contributed by atoms with Crippen molar-refractivity contribution < 1.29 is 23.9 Å². The third-order valence-corrected chi connectivity index (χ3v) is 10.7. The highest BCUT2D eigenvalue weighted by Gasteiger charge is 2.37. The van der Waals surface area contributed by atoms with E-state index >= 15 is 0 Å². The number of likely N-dealkylation sites (N-methyl/N-ethyl adjacent to an activating group) is 1. The molecule has 10 heteroatoms. The van der Waals surface area contributed by atoms with Crippen LogP contribution in [0.25, 0.3) is 0 Å². The van der Waals surface area contributed by atoms with Gasteiger partial charge < -0.3 is 15.0 Å². The second-order valence-electron chi connectivity index (χ2n) is 14.9. The van der Waals surface area contributed by atoms with E-state index in [1.165, 1.54) is 11.3 Å². The largest absolute Gasteiger partial charge is 0.455 e. The first-order chi connectivity index (χ1) is 23.2. The number of aromatic nitrogens is 1. The highest BCUT2D eigenvalue weighted by atomic mass is 32.1. The highest BCUT2D eigenvalue weighted by Crippen LogP contribution is 2.32. The van der Waals surface area contributed by atoms with Crippen molar-refractivity contribution in [1.82, 2.24) is 20.1 Å². The number of nitrogens with one attached hydrogen (secondary N) is 1. The molecule has 1 saturated heterocycles. The zero-order valence-corrected chi connectivity index (χ0v) is 32.1. The minimum atomic E-state index is -0.729. The number of thiazole rings is 1. The fourth-order valence-electron chi connectivity index (χ4n) is 6.87. The van der Waals surface area contributed by atoms with E-state index < -0.39 is 12.0 Å². The number of ketones is 1. The lowest BCUT2D eigenvalue weighted by molar-refractivity contribution is -0.151. The maximum Gasteiger partial charge on any atom is 0.306 e. The number of likely N-dealkylation sites (tertiary alicyclic amines) is 1. The van der Waals surface area contributed by atoms with Gasteiger partial charge in [0.2, 0.25) is 5.91 Å². The van der Waals surface area contributed by atoms with Crippen LogP contribution in [-0.4, -0.2) is 77.1 Å². The maximum absolute atomic E-state index is 14.1. The summed E-state index contributed by atoms with van der Waals surface area (Å²) in [6.07, 6.45) is 4.50. The van der Waals surface area contributed by atoms with Gasteiger partial charge >= 0.3 is 5.97 Å². The summed E-state index contributed by atoms with van der Waals surface area (Å²) in [5, 5.41) is 5.43. The molecule has 5 atom stereocenters. The van der Waals surface area contributed by atoms with E-state index in [1.807, 2.05) is 52.9 Å². The van der Waals surface area contributed by atoms with Gasteiger partial charge in [-0.05, 0) is 62.6 Å². The zero-order chi connectivity index (χ0) is 36.2. The molecule has 1 fully saturated rings. The number of hydrogen-bond donors (Lipinski definition) is 1. The molecule has 0 radical (unpaired) electrons. The van der Waals surface area contributed by atoms with Crippen molar-refractivity contribution in [3.05, 3.63) is 52.0 Å². The molecule has 3 rings (SSSR count). The molecule has 2 amide bonds. The number of Topliss-reactive ketones (excluding diaryl/α,β-unsaturated/α-hetero) is 1. The molecular weight excluding hydrogens is 637 g/mol. The molecule has 49 heavy (non-hydrogen) atoms. The van der Waals surface area contributed by atoms with Crippen LogP contribution in [0.15, 0.2) is 35.7 Å². The number of hydrogen-bond acceptors (Lipinski definition) is 8. The average Bonchev–Trinajstić information content (AvgIpc) is 3.55. The van der Waals surface area contributed by atoms with Crippen LogP contribution in [-0.2, 0) is 25.5 Å². The zero-order valence-electron chi connectivity index (χ0n) is 31.2. The first-order valence-electron chi connectivity index (χ1n) is 18.2. The van der Waals surface area contributed by atoms with Gasteiger partial charge in [-0.25, -0.2) is 4.98 Å². The molecule has 1 aliphatic rings. The summed E-state index contributed by atoms with van der Waals surface area (Å²) in [6.45, 7) is 15.0. The number of rotatable bonds is 18. The van der Waals surface area contributed by atoms with Crippen LogP contribution in [0.3, 0.4) is 0 Å². The maximum atomic E-state index is 14.1. The van der Waals surface area contributed by atoms with Crippen molar-refractivity contribution in [2.45, 2.75) is 124 Å². The molecule has 1 aromatic heterocycles. The van der Waals surface area contributed by atoms with Crippen LogP contribution >= 0.6 is 11.3 Å². The molecule has 0 bridgehead atoms. The number of carbonyl (C=O) groups is 4. The molecule has 272 valence electrons. The minimum Gasteiger partial charge on any atom is -0.455 e. The van der Waals surface area contributed by atoms with Crippen molar-refractivity contribution >= 4 is 34.9 Å². The summed E-state index contributed by atoms with van der Waals surface area (Å²) in [5.41, 5.74) is 1.44. The quantitative estimate of drug-likeness (QED) is 0.166. The molecule has 0 spiro atoms. The van der Waals surface area contributed by atoms with Crippen molar-refractivity contribution in [1.29, 1.82) is 0 Å². The molecule has 2 heterocycles. The number of benzene rings is 1. The van der Waals surface area contributed by atoms with Gasteiger partial charge in [0.15, 0.2) is 11.9 Å². The normalized spacial score (nSPS) is 17.8. The van der Waals surface area contributed by atoms with Gasteiger partial charge in [0.05, 0.1) is 6.04 Å². The number of carbonyl (C=O) groups excluding carboxylic acids is 4. The third kappa shape index (κ3) is 12.0. The monoisotopic (exact) mass is 696 g/mol. The Labute approximate surface area is 298 Å². The van der Waals surface area contributed by atoms with Crippen molar-refractivity contribution in [3.8, 4) is 0 Å². The molecule has 0 aliphatic carbocycles. The summed E-state index contributed by atoms with van der Waals surface area (Å²) in [5.74, 6) is -0.613. The third-order valence-electron chi connectivity index (χ3n) is 9.76. The van der Waals surface area contributed by atoms with Crippen LogP contribution in [0.1, 0.15) is 121 Å². The minimum absolute atomic E-state index is 0.0178. The van der Waals surface area contributed by atoms with E-state index in [2.05, 4.69) is 36.2 Å². The van der Waals surface area contributed by atoms with Crippen molar-refractivity contribution in [2.24, 2.45) is 23.7 Å². The summed E-state index contributed by atoms with van der Waals surface area (Å²) in [6, 6.07) is 9.63. The predicted octanol–water partition coefficient (Wildman–Crippen LogP) is 7.11. The van der Waals surface area contributed by atoms with Gasteiger partial charge in [0.1, 0.15) is 10.7 Å². The Morgan fingerprint density at radius 2 is 1.71 bits per heavy atom. The number of nitrogens with zero attached hydrogens (tertiary/aromatic N) is 3. The Hall–Kier alpha value is -3.11. The fraction of sp³-hybridized carbons (Fsp3) is 0.667. The number of amides is 2. The number of ether oxygens (including phenoxy) is 1. The second kappa shape index (κ2) is 19.3. The van der Waals surface area contributed by atoms with Crippen molar-refractivity contribution in [3.63, 3.8) is 0 Å². The number of piperidine rings is 1. The molecule has 1 aliphatic heterocycles. The molecule has 1 aromatic carbocycles. The SMILES string of the molecule is CCC(=O)O[C@H](C[C@H](C(C)C)N(C)C(=O)[C@@H](CC(=O)[C@H]1CCCCN1C)C(C)C)c1nc(C(=O)N[C@@H](Cc2ccccc2)CC(C)C)cs1. The molecule has 1 N–H and O–H groups in total. The lowest BCUT2D eigenvalue weighted by atomic mass is 9.84. The van der Waals surface area contributed by atoms with Crippen LogP contribution < -0.4 is 5.32 Å². The first-order valence-corrected chi connectivity index (χ1v) is 19.1. The Bertz CT molecular complexity index is 1360. The Balaban J connectivity index is 1.80. The lowest BCUT2D eigenvalue weighted by Gasteiger charge is -2.37. The summed E-state index contributed by atoms with van der Waals surface area (Å²) < 4.78 is 5.95. The molecule has 0 saturated carbocycles. The molecule has 0 unspecified atom stereocenters. The van der Waals surface area contributed by atoms with Crippen LogP contribution in [0.2, 0.25) is 0 Å². The average molecular weight is 697 g/mol. The van der Waals surface area contributed by atoms with Crippen LogP contribution in [0.5, 0.6) is 0 Å². The number of esters is 1. The predicted molar refractivity (Wildman–Crippen MR) is 196 cm³/mol. The lowest BCUT2D eigenvalue weighted by Crippen LogP contribution is -2.48. The van der Waals surface area contributed by atoms with E-state index in [-0.39, 0.29) is 72.1 Å². The first kappa shape index (κ1) is 40.3. The van der Waals surface area contributed by atoms with E-state index in [0.29, 0.717) is 17.3 Å². The molecule has 2 aromatic rings. The van der Waals surface area contributed by atoms with Gasteiger partial charge in [-0.15, -0.1) is 11.3 Å². The van der Waals surface area contributed by atoms with Gasteiger partial charge in [0, 0.05) is 49.7 Å². The van der Waals surface area contributed by atoms with E-state index in [0.717, 1.165) is 44.2 Å². The van der Waals surface area contributed by atoms with Crippen molar-refractivity contribution in [2.75, 3.05) is 20.6 Å². The topological polar surface area (TPSA) is 109 Å².